The van der Waals surface area contributed by atoms with Crippen molar-refractivity contribution in [3.8, 4) is 5.75 Å². The van der Waals surface area contributed by atoms with Crippen molar-refractivity contribution in [3.05, 3.63) is 46.8 Å². The lowest BCUT2D eigenvalue weighted by molar-refractivity contribution is 0.225. The van der Waals surface area contributed by atoms with Crippen LogP contribution in [-0.4, -0.2) is 17.8 Å². The van der Waals surface area contributed by atoms with Gasteiger partial charge in [-0.05, 0) is 23.8 Å². The van der Waals surface area contributed by atoms with E-state index in [0.717, 1.165) is 29.5 Å². The molecular formula is C13H13ClN2O2. The maximum atomic E-state index is 5.95. The monoisotopic (exact) mass is 264 g/mol. The molecule has 4 nitrogen and oxygen atoms in total. The minimum atomic E-state index is 0.154. The van der Waals surface area contributed by atoms with E-state index >= 15 is 0 Å². The fraction of sp³-hybridized carbons (Fsp3) is 0.308. The molecule has 0 spiro atoms. The molecule has 1 atom stereocenters. The smallest absolute Gasteiger partial charge is 0.150 e. The van der Waals surface area contributed by atoms with E-state index in [0.29, 0.717) is 6.54 Å². The molecule has 0 aliphatic carbocycles. The summed E-state index contributed by atoms with van der Waals surface area (Å²) in [6.07, 6.45) is 2.68. The maximum Gasteiger partial charge on any atom is 0.150 e. The van der Waals surface area contributed by atoms with Crippen LogP contribution in [0.25, 0.3) is 0 Å². The molecule has 0 amide bonds. The summed E-state index contributed by atoms with van der Waals surface area (Å²) in [7, 11) is 0. The number of nitrogens with one attached hydrogen (secondary N) is 1. The highest BCUT2D eigenvalue weighted by Gasteiger charge is 2.22. The first-order valence-corrected chi connectivity index (χ1v) is 6.24. The Kier molecular flexibility index (Phi) is 3.21. The van der Waals surface area contributed by atoms with Crippen LogP contribution >= 0.6 is 11.6 Å². The van der Waals surface area contributed by atoms with Gasteiger partial charge in [0, 0.05) is 24.1 Å². The highest BCUT2D eigenvalue weighted by Crippen LogP contribution is 2.30. The molecule has 2 aromatic rings. The van der Waals surface area contributed by atoms with Gasteiger partial charge in [-0.3, -0.25) is 0 Å². The second-order valence-corrected chi connectivity index (χ2v) is 4.74. The zero-order valence-corrected chi connectivity index (χ0v) is 10.5. The standard InChI is InChI=1S/C13H13ClN2O2/c14-10-1-2-13-9(5-10)6-12(17-13)8-15-7-11-3-4-16-18-11/h1-5,12,15H,6-8H2. The summed E-state index contributed by atoms with van der Waals surface area (Å²) >= 11 is 5.95. The SMILES string of the molecule is Clc1ccc2c(c1)CC(CNCc1ccno1)O2. The van der Waals surface area contributed by atoms with E-state index < -0.39 is 0 Å². The topological polar surface area (TPSA) is 47.3 Å². The van der Waals surface area contributed by atoms with E-state index in [1.54, 1.807) is 6.20 Å². The van der Waals surface area contributed by atoms with E-state index in [9.17, 15) is 0 Å². The third-order valence-corrected chi connectivity index (χ3v) is 3.16. The number of halogens is 1. The van der Waals surface area contributed by atoms with Gasteiger partial charge in [-0.1, -0.05) is 16.8 Å². The molecule has 1 N–H and O–H groups in total. The van der Waals surface area contributed by atoms with Crippen molar-refractivity contribution in [1.29, 1.82) is 0 Å². The van der Waals surface area contributed by atoms with E-state index in [2.05, 4.69) is 10.5 Å². The van der Waals surface area contributed by atoms with Crippen molar-refractivity contribution < 1.29 is 9.26 Å². The van der Waals surface area contributed by atoms with Gasteiger partial charge < -0.3 is 14.6 Å². The Hall–Kier alpha value is -1.52. The Morgan fingerprint density at radius 2 is 2.33 bits per heavy atom. The van der Waals surface area contributed by atoms with Crippen LogP contribution < -0.4 is 10.1 Å². The fourth-order valence-corrected chi connectivity index (χ4v) is 2.29. The van der Waals surface area contributed by atoms with E-state index in [1.807, 2.05) is 24.3 Å². The lowest BCUT2D eigenvalue weighted by Crippen LogP contribution is -2.29. The maximum absolute atomic E-state index is 5.95. The molecule has 1 aromatic carbocycles. The van der Waals surface area contributed by atoms with Crippen LogP contribution in [0.4, 0.5) is 0 Å². The molecule has 0 saturated heterocycles. The molecule has 1 aliphatic rings. The van der Waals surface area contributed by atoms with Gasteiger partial charge in [0.05, 0.1) is 12.7 Å². The summed E-state index contributed by atoms with van der Waals surface area (Å²) in [5, 5.41) is 7.70. The Bertz CT molecular complexity index is 528. The van der Waals surface area contributed by atoms with Crippen molar-refractivity contribution in [2.24, 2.45) is 0 Å². The molecule has 1 aromatic heterocycles. The van der Waals surface area contributed by atoms with Crippen molar-refractivity contribution in [2.75, 3.05) is 6.54 Å². The van der Waals surface area contributed by atoms with E-state index in [1.165, 1.54) is 5.56 Å². The number of ether oxygens (including phenoxy) is 1. The zero-order chi connectivity index (χ0) is 12.4. The third-order valence-electron chi connectivity index (χ3n) is 2.93. The highest BCUT2D eigenvalue weighted by molar-refractivity contribution is 6.30. The molecule has 0 radical (unpaired) electrons. The molecule has 1 aliphatic heterocycles. The number of benzene rings is 1. The average molecular weight is 265 g/mol. The molecule has 94 valence electrons. The Morgan fingerprint density at radius 1 is 1.39 bits per heavy atom. The number of rotatable bonds is 4. The number of fused-ring (bicyclic) bond motifs is 1. The number of hydrogen-bond acceptors (Lipinski definition) is 4. The quantitative estimate of drug-likeness (QED) is 0.921. The molecular weight excluding hydrogens is 252 g/mol. The minimum absolute atomic E-state index is 0.154. The normalized spacial score (nSPS) is 17.5. The average Bonchev–Trinajstić information content (AvgIpc) is 2.97. The second-order valence-electron chi connectivity index (χ2n) is 4.31. The Balaban J connectivity index is 1.52. The van der Waals surface area contributed by atoms with Gasteiger partial charge in [-0.2, -0.15) is 0 Å². The van der Waals surface area contributed by atoms with Crippen LogP contribution in [0.5, 0.6) is 5.75 Å². The van der Waals surface area contributed by atoms with Crippen LogP contribution in [0.1, 0.15) is 11.3 Å². The van der Waals surface area contributed by atoms with Crippen molar-refractivity contribution in [2.45, 2.75) is 19.1 Å². The highest BCUT2D eigenvalue weighted by atomic mass is 35.5. The van der Waals surface area contributed by atoms with Gasteiger partial charge in [-0.15, -0.1) is 0 Å². The van der Waals surface area contributed by atoms with Gasteiger partial charge in [0.15, 0.2) is 0 Å². The van der Waals surface area contributed by atoms with Crippen LogP contribution in [0.3, 0.4) is 0 Å². The number of nitrogens with zero attached hydrogens (tertiary/aromatic N) is 1. The molecule has 18 heavy (non-hydrogen) atoms. The van der Waals surface area contributed by atoms with Crippen LogP contribution in [0, 0.1) is 0 Å². The lowest BCUT2D eigenvalue weighted by atomic mass is 10.1. The van der Waals surface area contributed by atoms with Gasteiger partial charge in [0.1, 0.15) is 17.6 Å². The minimum Gasteiger partial charge on any atom is -0.488 e. The van der Waals surface area contributed by atoms with E-state index in [-0.39, 0.29) is 6.10 Å². The number of hydrogen-bond donors (Lipinski definition) is 1. The summed E-state index contributed by atoms with van der Waals surface area (Å²) in [6.45, 7) is 1.43. The summed E-state index contributed by atoms with van der Waals surface area (Å²) in [5.41, 5.74) is 1.17. The Morgan fingerprint density at radius 3 is 3.17 bits per heavy atom. The molecule has 0 fully saturated rings. The van der Waals surface area contributed by atoms with Crippen LogP contribution in [0.2, 0.25) is 5.02 Å². The summed E-state index contributed by atoms with van der Waals surface area (Å²) in [6, 6.07) is 7.59. The fourth-order valence-electron chi connectivity index (χ4n) is 2.09. The largest absolute Gasteiger partial charge is 0.488 e. The first-order chi connectivity index (χ1) is 8.81. The van der Waals surface area contributed by atoms with Crippen LogP contribution in [-0.2, 0) is 13.0 Å². The molecule has 0 bridgehead atoms. The van der Waals surface area contributed by atoms with Crippen LogP contribution in [0.15, 0.2) is 35.0 Å². The van der Waals surface area contributed by atoms with Gasteiger partial charge in [0.25, 0.3) is 0 Å². The molecule has 1 unspecified atom stereocenters. The summed E-state index contributed by atoms with van der Waals surface area (Å²) < 4.78 is 10.8. The first kappa shape index (κ1) is 11.6. The number of aromatic nitrogens is 1. The molecule has 2 heterocycles. The molecule has 3 rings (SSSR count). The molecule has 0 saturated carbocycles. The lowest BCUT2D eigenvalue weighted by Gasteiger charge is -2.10. The van der Waals surface area contributed by atoms with Gasteiger partial charge in [-0.25, -0.2) is 0 Å². The predicted octanol–water partition coefficient (Wildman–Crippen LogP) is 2.42. The Labute approximate surface area is 110 Å². The molecule has 5 heteroatoms. The first-order valence-electron chi connectivity index (χ1n) is 5.86. The third kappa shape index (κ3) is 2.49. The zero-order valence-electron chi connectivity index (χ0n) is 9.73. The van der Waals surface area contributed by atoms with Crippen molar-refractivity contribution in [1.82, 2.24) is 10.5 Å². The summed E-state index contributed by atoms with van der Waals surface area (Å²) in [4.78, 5) is 0. The van der Waals surface area contributed by atoms with Crippen molar-refractivity contribution in [3.63, 3.8) is 0 Å². The second kappa shape index (κ2) is 5.00. The van der Waals surface area contributed by atoms with Gasteiger partial charge in [0.2, 0.25) is 0 Å². The van der Waals surface area contributed by atoms with Crippen molar-refractivity contribution >= 4 is 11.6 Å². The predicted molar refractivity (Wildman–Crippen MR) is 67.8 cm³/mol. The van der Waals surface area contributed by atoms with E-state index in [4.69, 9.17) is 20.9 Å². The van der Waals surface area contributed by atoms with Gasteiger partial charge >= 0.3 is 0 Å². The summed E-state index contributed by atoms with van der Waals surface area (Å²) in [5.74, 6) is 1.76.